The first-order chi connectivity index (χ1) is 6.97. The summed E-state index contributed by atoms with van der Waals surface area (Å²) in [6.07, 6.45) is 0. The highest BCUT2D eigenvalue weighted by Crippen LogP contribution is 2.10. The van der Waals surface area contributed by atoms with E-state index in [-0.39, 0.29) is 18.4 Å². The van der Waals surface area contributed by atoms with Crippen molar-refractivity contribution in [2.24, 2.45) is 5.73 Å². The Morgan fingerprint density at radius 2 is 1.69 bits per heavy atom. The van der Waals surface area contributed by atoms with Crippen molar-refractivity contribution in [2.75, 3.05) is 13.6 Å². The van der Waals surface area contributed by atoms with Crippen LogP contribution in [0.4, 0.5) is 0 Å². The van der Waals surface area contributed by atoms with Gasteiger partial charge in [0.25, 0.3) is 0 Å². The molecule has 0 radical (unpaired) electrons. The van der Waals surface area contributed by atoms with Gasteiger partial charge < -0.3 is 10.6 Å². The molecule has 3 heteroatoms. The molecule has 0 aliphatic rings. The average Bonchev–Trinajstić information content (AvgIpc) is 1.98. The first kappa shape index (κ1) is 15.4. The Morgan fingerprint density at radius 1 is 1.19 bits per heavy atom. The Kier molecular flexibility index (Phi) is 6.65. The van der Waals surface area contributed by atoms with Gasteiger partial charge in [-0.1, -0.05) is 29.3 Å². The van der Waals surface area contributed by atoms with E-state index in [0.717, 1.165) is 13.1 Å². The lowest BCUT2D eigenvalue weighted by Gasteiger charge is -2.19. The van der Waals surface area contributed by atoms with Gasteiger partial charge in [-0.2, -0.15) is 0 Å². The second kappa shape index (κ2) is 6.89. The Labute approximate surface area is 105 Å². The van der Waals surface area contributed by atoms with Gasteiger partial charge in [0.15, 0.2) is 0 Å². The lowest BCUT2D eigenvalue weighted by atomic mass is 10.1. The van der Waals surface area contributed by atoms with Gasteiger partial charge in [-0.15, -0.1) is 12.4 Å². The van der Waals surface area contributed by atoms with Gasteiger partial charge in [0.05, 0.1) is 0 Å². The quantitative estimate of drug-likeness (QED) is 0.879. The van der Waals surface area contributed by atoms with Crippen LogP contribution < -0.4 is 5.73 Å². The minimum Gasteiger partial charge on any atom is -0.327 e. The summed E-state index contributed by atoms with van der Waals surface area (Å²) in [6.45, 7) is 8.24. The van der Waals surface area contributed by atoms with Crippen LogP contribution in [0.5, 0.6) is 0 Å². The molecule has 0 heterocycles. The fourth-order valence-corrected chi connectivity index (χ4v) is 2.03. The number of halogens is 1. The van der Waals surface area contributed by atoms with Crippen LogP contribution in [0, 0.1) is 13.8 Å². The van der Waals surface area contributed by atoms with Gasteiger partial charge in [-0.25, -0.2) is 0 Å². The zero-order valence-electron chi connectivity index (χ0n) is 10.7. The van der Waals surface area contributed by atoms with Crippen molar-refractivity contribution in [3.8, 4) is 0 Å². The van der Waals surface area contributed by atoms with E-state index in [0.29, 0.717) is 0 Å². The predicted molar refractivity (Wildman–Crippen MR) is 73.1 cm³/mol. The van der Waals surface area contributed by atoms with Gasteiger partial charge >= 0.3 is 0 Å². The summed E-state index contributed by atoms with van der Waals surface area (Å²) in [6, 6.07) is 6.92. The third kappa shape index (κ3) is 5.50. The average molecular weight is 243 g/mol. The number of rotatable bonds is 4. The summed E-state index contributed by atoms with van der Waals surface area (Å²) in [5.41, 5.74) is 9.80. The van der Waals surface area contributed by atoms with Crippen LogP contribution in [0.25, 0.3) is 0 Å². The van der Waals surface area contributed by atoms with E-state index in [4.69, 9.17) is 5.73 Å². The molecule has 0 aliphatic carbocycles. The smallest absolute Gasteiger partial charge is 0.0231 e. The summed E-state index contributed by atoms with van der Waals surface area (Å²) in [5.74, 6) is 0. The van der Waals surface area contributed by atoms with Crippen LogP contribution >= 0.6 is 12.4 Å². The summed E-state index contributed by atoms with van der Waals surface area (Å²) in [7, 11) is 2.11. The van der Waals surface area contributed by atoms with Crippen LogP contribution in [0.1, 0.15) is 23.6 Å². The molecule has 0 aliphatic heterocycles. The molecule has 2 N–H and O–H groups in total. The molecule has 0 bridgehead atoms. The van der Waals surface area contributed by atoms with Crippen LogP contribution in [-0.4, -0.2) is 24.5 Å². The predicted octanol–water partition coefficient (Wildman–Crippen LogP) is 2.50. The minimum atomic E-state index is 0. The van der Waals surface area contributed by atoms with Crippen LogP contribution in [-0.2, 0) is 6.54 Å². The van der Waals surface area contributed by atoms with Crippen LogP contribution in [0.3, 0.4) is 0 Å². The van der Waals surface area contributed by atoms with Gasteiger partial charge in [0, 0.05) is 19.1 Å². The number of benzene rings is 1. The molecule has 1 aromatic rings. The fourth-order valence-electron chi connectivity index (χ4n) is 2.03. The summed E-state index contributed by atoms with van der Waals surface area (Å²) in [4.78, 5) is 2.26. The summed E-state index contributed by atoms with van der Waals surface area (Å²) >= 11 is 0. The highest BCUT2D eigenvalue weighted by Gasteiger charge is 2.03. The molecule has 1 atom stereocenters. The summed E-state index contributed by atoms with van der Waals surface area (Å²) in [5, 5.41) is 0. The number of hydrogen-bond donors (Lipinski definition) is 1. The van der Waals surface area contributed by atoms with Gasteiger partial charge in [-0.3, -0.25) is 0 Å². The first-order valence-electron chi connectivity index (χ1n) is 5.48. The molecule has 0 amide bonds. The van der Waals surface area contributed by atoms with Crippen molar-refractivity contribution >= 4 is 12.4 Å². The highest BCUT2D eigenvalue weighted by molar-refractivity contribution is 5.85. The Balaban J connectivity index is 0.00000225. The number of nitrogens with two attached hydrogens (primary N) is 1. The molecule has 1 rings (SSSR count). The highest BCUT2D eigenvalue weighted by atomic mass is 35.5. The van der Waals surface area contributed by atoms with Gasteiger partial charge in [0.2, 0.25) is 0 Å². The molecule has 1 aromatic carbocycles. The Hall–Kier alpha value is -0.570. The maximum absolute atomic E-state index is 5.77. The van der Waals surface area contributed by atoms with E-state index >= 15 is 0 Å². The molecule has 0 saturated heterocycles. The number of hydrogen-bond acceptors (Lipinski definition) is 2. The minimum absolute atomic E-state index is 0. The van der Waals surface area contributed by atoms with Crippen LogP contribution in [0.15, 0.2) is 18.2 Å². The van der Waals surface area contributed by atoms with Crippen molar-refractivity contribution in [3.63, 3.8) is 0 Å². The zero-order chi connectivity index (χ0) is 11.4. The fraction of sp³-hybridized carbons (Fsp3) is 0.538. The van der Waals surface area contributed by atoms with E-state index < -0.39 is 0 Å². The third-order valence-corrected chi connectivity index (χ3v) is 2.33. The second-order valence-corrected chi connectivity index (χ2v) is 4.67. The van der Waals surface area contributed by atoms with Crippen molar-refractivity contribution in [3.05, 3.63) is 34.9 Å². The van der Waals surface area contributed by atoms with E-state index in [1.807, 2.05) is 6.92 Å². The van der Waals surface area contributed by atoms with E-state index in [1.54, 1.807) is 0 Å². The molecule has 0 saturated carbocycles. The van der Waals surface area contributed by atoms with Gasteiger partial charge in [0.1, 0.15) is 0 Å². The van der Waals surface area contributed by atoms with Crippen molar-refractivity contribution in [1.82, 2.24) is 4.90 Å². The molecule has 92 valence electrons. The van der Waals surface area contributed by atoms with E-state index in [2.05, 4.69) is 44.0 Å². The van der Waals surface area contributed by atoms with E-state index in [9.17, 15) is 0 Å². The monoisotopic (exact) mass is 242 g/mol. The molecule has 1 unspecified atom stereocenters. The maximum atomic E-state index is 5.77. The van der Waals surface area contributed by atoms with Crippen molar-refractivity contribution < 1.29 is 0 Å². The summed E-state index contributed by atoms with van der Waals surface area (Å²) < 4.78 is 0. The molecule has 0 spiro atoms. The lowest BCUT2D eigenvalue weighted by Crippen LogP contribution is -2.32. The number of aryl methyl sites for hydroxylation is 2. The standard InChI is InChI=1S/C13H22N2.ClH/c1-10-5-11(2)7-13(6-10)9-15(4)8-12(3)14;/h5-7,12H,8-9,14H2,1-4H3;1H. The second-order valence-electron chi connectivity index (χ2n) is 4.67. The molecular formula is C13H23ClN2. The lowest BCUT2D eigenvalue weighted by molar-refractivity contribution is 0.310. The molecule has 2 nitrogen and oxygen atoms in total. The Morgan fingerprint density at radius 3 is 2.12 bits per heavy atom. The maximum Gasteiger partial charge on any atom is 0.0231 e. The van der Waals surface area contributed by atoms with Crippen molar-refractivity contribution in [1.29, 1.82) is 0 Å². The largest absolute Gasteiger partial charge is 0.327 e. The normalized spacial score (nSPS) is 12.4. The van der Waals surface area contributed by atoms with Gasteiger partial charge in [-0.05, 0) is 33.4 Å². The first-order valence-corrected chi connectivity index (χ1v) is 5.48. The van der Waals surface area contributed by atoms with E-state index in [1.165, 1.54) is 16.7 Å². The SMILES string of the molecule is Cc1cc(C)cc(CN(C)CC(C)N)c1.Cl. The number of likely N-dealkylation sites (N-methyl/N-ethyl adjacent to an activating group) is 1. The Bertz CT molecular complexity index is 303. The van der Waals surface area contributed by atoms with Crippen LogP contribution in [0.2, 0.25) is 0 Å². The molecule has 16 heavy (non-hydrogen) atoms. The number of nitrogens with zero attached hydrogens (tertiary/aromatic N) is 1. The van der Waals surface area contributed by atoms with Crippen molar-refractivity contribution in [2.45, 2.75) is 33.4 Å². The molecule has 0 aromatic heterocycles. The molecule has 0 fully saturated rings. The zero-order valence-corrected chi connectivity index (χ0v) is 11.5. The topological polar surface area (TPSA) is 29.3 Å². The third-order valence-electron chi connectivity index (χ3n) is 2.33. The molecular weight excluding hydrogens is 220 g/mol.